The summed E-state index contributed by atoms with van der Waals surface area (Å²) in [6.45, 7) is 2.40. The molecule has 2 amide bonds. The molecule has 0 spiro atoms. The van der Waals surface area contributed by atoms with Gasteiger partial charge in [0.2, 0.25) is 0 Å². The SMILES string of the molecule is CCCCOC(=O)NC(N)(CCCNC(=O)OCc1ccccc1)C(=O)O. The van der Waals surface area contributed by atoms with Crippen molar-refractivity contribution in [2.75, 3.05) is 13.2 Å². The third-order valence-corrected chi connectivity index (χ3v) is 3.67. The summed E-state index contributed by atoms with van der Waals surface area (Å²) < 4.78 is 9.90. The maximum Gasteiger partial charge on any atom is 0.409 e. The Morgan fingerprint density at radius 3 is 2.44 bits per heavy atom. The molecule has 150 valence electrons. The minimum absolute atomic E-state index is 0.0931. The van der Waals surface area contributed by atoms with E-state index in [1.807, 2.05) is 37.3 Å². The molecule has 0 aliphatic carbocycles. The van der Waals surface area contributed by atoms with Crippen LogP contribution in [0.4, 0.5) is 9.59 Å². The zero-order valence-electron chi connectivity index (χ0n) is 15.4. The van der Waals surface area contributed by atoms with Crippen molar-refractivity contribution in [3.8, 4) is 0 Å². The van der Waals surface area contributed by atoms with Crippen molar-refractivity contribution in [3.63, 3.8) is 0 Å². The first-order valence-corrected chi connectivity index (χ1v) is 8.79. The average molecular weight is 381 g/mol. The van der Waals surface area contributed by atoms with Crippen LogP contribution in [0, 0.1) is 0 Å². The molecular formula is C18H27N3O6. The van der Waals surface area contributed by atoms with E-state index < -0.39 is 23.8 Å². The molecule has 9 heteroatoms. The summed E-state index contributed by atoms with van der Waals surface area (Å²) in [6, 6.07) is 9.19. The smallest absolute Gasteiger partial charge is 0.409 e. The lowest BCUT2D eigenvalue weighted by molar-refractivity contribution is -0.144. The number of carboxylic acid groups (broad SMARTS) is 1. The predicted octanol–water partition coefficient (Wildman–Crippen LogP) is 1.96. The molecule has 0 saturated heterocycles. The fourth-order valence-electron chi connectivity index (χ4n) is 2.08. The topological polar surface area (TPSA) is 140 Å². The van der Waals surface area contributed by atoms with Gasteiger partial charge in [0, 0.05) is 6.54 Å². The molecule has 1 unspecified atom stereocenters. The highest BCUT2D eigenvalue weighted by molar-refractivity contribution is 5.83. The van der Waals surface area contributed by atoms with Gasteiger partial charge in [-0.15, -0.1) is 0 Å². The number of nitrogens with two attached hydrogens (primary N) is 1. The van der Waals surface area contributed by atoms with Crippen LogP contribution in [-0.4, -0.2) is 42.1 Å². The van der Waals surface area contributed by atoms with E-state index in [0.29, 0.717) is 6.42 Å². The van der Waals surface area contributed by atoms with E-state index in [2.05, 4.69) is 10.6 Å². The monoisotopic (exact) mass is 381 g/mol. The minimum atomic E-state index is -1.97. The molecule has 1 atom stereocenters. The molecule has 0 bridgehead atoms. The molecule has 5 N–H and O–H groups in total. The molecule has 1 aromatic carbocycles. The zero-order valence-corrected chi connectivity index (χ0v) is 15.4. The molecule has 0 saturated carbocycles. The number of rotatable bonds is 11. The molecular weight excluding hydrogens is 354 g/mol. The Kier molecular flexibility index (Phi) is 9.66. The second-order valence-electron chi connectivity index (χ2n) is 5.98. The Hall–Kier alpha value is -2.81. The number of unbranched alkanes of at least 4 members (excludes halogenated alkanes) is 1. The number of carboxylic acids is 1. The van der Waals surface area contributed by atoms with Gasteiger partial charge in [0.25, 0.3) is 0 Å². The number of carbonyl (C=O) groups excluding carboxylic acids is 2. The minimum Gasteiger partial charge on any atom is -0.478 e. The van der Waals surface area contributed by atoms with Crippen LogP contribution in [0.2, 0.25) is 0 Å². The quantitative estimate of drug-likeness (QED) is 0.339. The lowest BCUT2D eigenvalue weighted by Gasteiger charge is -2.25. The number of ether oxygens (including phenoxy) is 2. The molecule has 0 aromatic heterocycles. The van der Waals surface area contributed by atoms with E-state index in [4.69, 9.17) is 15.2 Å². The maximum atomic E-state index is 11.6. The van der Waals surface area contributed by atoms with Crippen molar-refractivity contribution in [2.45, 2.75) is 44.9 Å². The molecule has 0 heterocycles. The normalized spacial score (nSPS) is 12.5. The highest BCUT2D eigenvalue weighted by Gasteiger charge is 2.35. The van der Waals surface area contributed by atoms with Gasteiger partial charge in [0.05, 0.1) is 6.61 Å². The first kappa shape index (κ1) is 22.2. The number of benzene rings is 1. The van der Waals surface area contributed by atoms with Gasteiger partial charge in [0.15, 0.2) is 5.66 Å². The van der Waals surface area contributed by atoms with E-state index in [0.717, 1.165) is 12.0 Å². The first-order valence-electron chi connectivity index (χ1n) is 8.79. The summed E-state index contributed by atoms with van der Waals surface area (Å²) >= 11 is 0. The van der Waals surface area contributed by atoms with Crippen LogP contribution in [0.5, 0.6) is 0 Å². The summed E-state index contributed by atoms with van der Waals surface area (Å²) in [5, 5.41) is 13.9. The number of amides is 2. The van der Waals surface area contributed by atoms with E-state index in [1.165, 1.54) is 0 Å². The molecule has 0 aliphatic heterocycles. The number of hydrogen-bond donors (Lipinski definition) is 4. The lowest BCUT2D eigenvalue weighted by atomic mass is 10.1. The number of hydrogen-bond acceptors (Lipinski definition) is 6. The van der Waals surface area contributed by atoms with Crippen molar-refractivity contribution < 1.29 is 29.0 Å². The van der Waals surface area contributed by atoms with Crippen molar-refractivity contribution >= 4 is 18.2 Å². The highest BCUT2D eigenvalue weighted by Crippen LogP contribution is 2.07. The van der Waals surface area contributed by atoms with Gasteiger partial charge in [0.1, 0.15) is 6.61 Å². The van der Waals surface area contributed by atoms with Crippen molar-refractivity contribution in [1.82, 2.24) is 10.6 Å². The largest absolute Gasteiger partial charge is 0.478 e. The Morgan fingerprint density at radius 1 is 1.11 bits per heavy atom. The highest BCUT2D eigenvalue weighted by atomic mass is 16.6. The van der Waals surface area contributed by atoms with Gasteiger partial charge in [-0.05, 0) is 24.8 Å². The zero-order chi connectivity index (χ0) is 20.1. The third-order valence-electron chi connectivity index (χ3n) is 3.67. The average Bonchev–Trinajstić information content (AvgIpc) is 2.64. The lowest BCUT2D eigenvalue weighted by Crippen LogP contribution is -2.61. The Bertz CT molecular complexity index is 610. The summed E-state index contributed by atoms with van der Waals surface area (Å²) in [5.74, 6) is -1.39. The van der Waals surface area contributed by atoms with E-state index in [-0.39, 0.29) is 32.6 Å². The van der Waals surface area contributed by atoms with E-state index >= 15 is 0 Å². The summed E-state index contributed by atoms with van der Waals surface area (Å²) in [5.41, 5.74) is 4.62. The summed E-state index contributed by atoms with van der Waals surface area (Å²) in [7, 11) is 0. The van der Waals surface area contributed by atoms with Crippen LogP contribution in [0.1, 0.15) is 38.2 Å². The first-order chi connectivity index (χ1) is 12.9. The van der Waals surface area contributed by atoms with Crippen LogP contribution >= 0.6 is 0 Å². The second-order valence-corrected chi connectivity index (χ2v) is 5.98. The Morgan fingerprint density at radius 2 is 1.81 bits per heavy atom. The molecule has 27 heavy (non-hydrogen) atoms. The van der Waals surface area contributed by atoms with Crippen molar-refractivity contribution in [1.29, 1.82) is 0 Å². The molecule has 0 aliphatic rings. The van der Waals surface area contributed by atoms with Gasteiger partial charge in [-0.1, -0.05) is 43.7 Å². The molecule has 9 nitrogen and oxygen atoms in total. The summed E-state index contributed by atoms with van der Waals surface area (Å²) in [6.07, 6.45) is 0.134. The van der Waals surface area contributed by atoms with Gasteiger partial charge >= 0.3 is 18.2 Å². The Balaban J connectivity index is 2.31. The van der Waals surface area contributed by atoms with Gasteiger partial charge < -0.3 is 19.9 Å². The van der Waals surface area contributed by atoms with Crippen molar-refractivity contribution in [3.05, 3.63) is 35.9 Å². The van der Waals surface area contributed by atoms with Gasteiger partial charge in [-0.3, -0.25) is 11.1 Å². The number of aliphatic carboxylic acids is 1. The molecule has 1 aromatic rings. The second kappa shape index (κ2) is 11.7. The van der Waals surface area contributed by atoms with Crippen LogP contribution < -0.4 is 16.4 Å². The predicted molar refractivity (Wildman–Crippen MR) is 97.8 cm³/mol. The van der Waals surface area contributed by atoms with E-state index in [1.54, 1.807) is 0 Å². The third kappa shape index (κ3) is 8.91. The molecule has 0 fully saturated rings. The molecule has 0 radical (unpaired) electrons. The Labute approximate surface area is 158 Å². The van der Waals surface area contributed by atoms with Crippen molar-refractivity contribution in [2.24, 2.45) is 5.73 Å². The van der Waals surface area contributed by atoms with E-state index in [9.17, 15) is 19.5 Å². The number of nitrogens with one attached hydrogen (secondary N) is 2. The van der Waals surface area contributed by atoms with Crippen LogP contribution in [-0.2, 0) is 20.9 Å². The number of carbonyl (C=O) groups is 3. The number of alkyl carbamates (subject to hydrolysis) is 2. The van der Waals surface area contributed by atoms with Crippen LogP contribution in [0.3, 0.4) is 0 Å². The fraction of sp³-hybridized carbons (Fsp3) is 0.500. The van der Waals surface area contributed by atoms with Crippen LogP contribution in [0.25, 0.3) is 0 Å². The van der Waals surface area contributed by atoms with Crippen LogP contribution in [0.15, 0.2) is 30.3 Å². The summed E-state index contributed by atoms with van der Waals surface area (Å²) in [4.78, 5) is 34.6. The fourth-order valence-corrected chi connectivity index (χ4v) is 2.08. The van der Waals surface area contributed by atoms with Gasteiger partial charge in [-0.2, -0.15) is 0 Å². The maximum absolute atomic E-state index is 11.6. The molecule has 1 rings (SSSR count). The standard InChI is InChI=1S/C18H27N3O6/c1-2-3-12-26-17(25)21-18(19,15(22)23)10-7-11-20-16(24)27-13-14-8-5-4-6-9-14/h4-6,8-9H,2-3,7,10-13,19H2,1H3,(H,20,24)(H,21,25)(H,22,23). The van der Waals surface area contributed by atoms with Gasteiger partial charge in [-0.25, -0.2) is 14.4 Å².